The normalized spacial score (nSPS) is 19.5. The molecule has 0 saturated carbocycles. The zero-order valence-corrected chi connectivity index (χ0v) is 24.5. The molecule has 39 heavy (non-hydrogen) atoms. The van der Waals surface area contributed by atoms with E-state index in [9.17, 15) is 0 Å². The number of aliphatic imine (C=N–C) groups is 1. The van der Waals surface area contributed by atoms with Crippen molar-refractivity contribution in [1.82, 2.24) is 0 Å². The SMILES string of the molecule is Cc1ccc2c(c1)[C@@H]1C=CC[C@H]1[C@@H](c1ccc(N=Cc3cc(Br)ccc3OCc3ccc(Cl)cc3Cl)cc1)N2. The van der Waals surface area contributed by atoms with E-state index in [1.54, 1.807) is 6.07 Å². The number of benzene rings is 4. The highest BCUT2D eigenvalue weighted by molar-refractivity contribution is 9.10. The lowest BCUT2D eigenvalue weighted by Crippen LogP contribution is -2.29. The van der Waals surface area contributed by atoms with Crippen molar-refractivity contribution in [2.45, 2.75) is 31.9 Å². The van der Waals surface area contributed by atoms with Crippen LogP contribution in [0.3, 0.4) is 0 Å². The first-order chi connectivity index (χ1) is 18.9. The van der Waals surface area contributed by atoms with Crippen LogP contribution < -0.4 is 10.1 Å². The van der Waals surface area contributed by atoms with Gasteiger partial charge >= 0.3 is 0 Å². The average molecular weight is 618 g/mol. The molecule has 0 fully saturated rings. The Hall–Kier alpha value is -3.05. The van der Waals surface area contributed by atoms with E-state index in [1.165, 1.54) is 22.4 Å². The van der Waals surface area contributed by atoms with E-state index in [2.05, 4.69) is 82.8 Å². The van der Waals surface area contributed by atoms with Crippen LogP contribution in [0.4, 0.5) is 11.4 Å². The van der Waals surface area contributed by atoms with Gasteiger partial charge in [-0.2, -0.15) is 0 Å². The largest absolute Gasteiger partial charge is 0.488 e. The summed E-state index contributed by atoms with van der Waals surface area (Å²) < 4.78 is 7.06. The van der Waals surface area contributed by atoms with E-state index >= 15 is 0 Å². The summed E-state index contributed by atoms with van der Waals surface area (Å²) in [5, 5.41) is 5.01. The summed E-state index contributed by atoms with van der Waals surface area (Å²) in [6, 6.07) is 26.8. The fourth-order valence-electron chi connectivity index (χ4n) is 5.50. The van der Waals surface area contributed by atoms with Gasteiger partial charge in [-0.15, -0.1) is 0 Å². The maximum atomic E-state index is 6.33. The second kappa shape index (κ2) is 11.2. The number of nitrogens with one attached hydrogen (secondary N) is 1. The Balaban J connectivity index is 1.19. The van der Waals surface area contributed by atoms with Crippen LogP contribution in [0.5, 0.6) is 5.75 Å². The van der Waals surface area contributed by atoms with Crippen LogP contribution in [0.15, 0.2) is 100 Å². The van der Waals surface area contributed by atoms with Gasteiger partial charge in [0.1, 0.15) is 12.4 Å². The van der Waals surface area contributed by atoms with Crippen molar-refractivity contribution >= 4 is 56.7 Å². The number of anilines is 1. The zero-order valence-electron chi connectivity index (χ0n) is 21.4. The van der Waals surface area contributed by atoms with E-state index in [1.807, 2.05) is 36.5 Å². The van der Waals surface area contributed by atoms with Crippen LogP contribution in [0.2, 0.25) is 10.0 Å². The summed E-state index contributed by atoms with van der Waals surface area (Å²) in [6.07, 6.45) is 7.64. The third-order valence-corrected chi connectivity index (χ3v) is 8.57. The van der Waals surface area contributed by atoms with Crippen LogP contribution in [-0.2, 0) is 6.61 Å². The van der Waals surface area contributed by atoms with E-state index in [4.69, 9.17) is 32.9 Å². The van der Waals surface area contributed by atoms with Crippen molar-refractivity contribution in [3.05, 3.63) is 133 Å². The molecule has 3 nitrogen and oxygen atoms in total. The Morgan fingerprint density at radius 1 is 1.00 bits per heavy atom. The summed E-state index contributed by atoms with van der Waals surface area (Å²) in [6.45, 7) is 2.50. The van der Waals surface area contributed by atoms with Gasteiger partial charge in [0.25, 0.3) is 0 Å². The molecule has 0 bridgehead atoms. The number of fused-ring (bicyclic) bond motifs is 3. The maximum absolute atomic E-state index is 6.33. The molecule has 1 heterocycles. The van der Waals surface area contributed by atoms with Crippen molar-refractivity contribution in [2.75, 3.05) is 5.32 Å². The minimum atomic E-state index is 0.267. The molecule has 4 aromatic rings. The summed E-state index contributed by atoms with van der Waals surface area (Å²) in [5.74, 6) is 1.70. The molecule has 6 rings (SSSR count). The Bertz CT molecular complexity index is 1580. The molecule has 0 spiro atoms. The van der Waals surface area contributed by atoms with Crippen molar-refractivity contribution in [3.63, 3.8) is 0 Å². The van der Waals surface area contributed by atoms with Gasteiger partial charge in [0, 0.05) is 43.5 Å². The molecule has 0 aromatic heterocycles. The molecule has 1 aliphatic carbocycles. The minimum Gasteiger partial charge on any atom is -0.488 e. The third kappa shape index (κ3) is 5.65. The number of rotatable bonds is 6. The van der Waals surface area contributed by atoms with Crippen LogP contribution in [0.25, 0.3) is 0 Å². The highest BCUT2D eigenvalue weighted by Crippen LogP contribution is 2.50. The number of nitrogens with zero attached hydrogens (tertiary/aromatic N) is 1. The molecule has 0 saturated heterocycles. The summed E-state index contributed by atoms with van der Waals surface area (Å²) in [5.41, 5.74) is 7.88. The smallest absolute Gasteiger partial charge is 0.128 e. The van der Waals surface area contributed by atoms with Gasteiger partial charge in [0.05, 0.1) is 11.7 Å². The Labute approximate surface area is 247 Å². The first-order valence-electron chi connectivity index (χ1n) is 13.0. The van der Waals surface area contributed by atoms with Crippen molar-refractivity contribution in [2.24, 2.45) is 10.9 Å². The quantitative estimate of drug-likeness (QED) is 0.172. The molecular formula is C33H27BrCl2N2O. The second-order valence-electron chi connectivity index (χ2n) is 10.1. The predicted molar refractivity (Wildman–Crippen MR) is 166 cm³/mol. The Morgan fingerprint density at radius 3 is 2.67 bits per heavy atom. The van der Waals surface area contributed by atoms with Crippen LogP contribution in [0, 0.1) is 12.8 Å². The van der Waals surface area contributed by atoms with Gasteiger partial charge in [0.15, 0.2) is 0 Å². The van der Waals surface area contributed by atoms with Gasteiger partial charge < -0.3 is 10.1 Å². The summed E-state index contributed by atoms with van der Waals surface area (Å²) >= 11 is 15.9. The summed E-state index contributed by atoms with van der Waals surface area (Å²) in [7, 11) is 0. The van der Waals surface area contributed by atoms with Gasteiger partial charge in [-0.05, 0) is 78.9 Å². The molecule has 1 aliphatic heterocycles. The van der Waals surface area contributed by atoms with Crippen LogP contribution >= 0.6 is 39.1 Å². The van der Waals surface area contributed by atoms with E-state index in [0.717, 1.165) is 33.5 Å². The fourth-order valence-corrected chi connectivity index (χ4v) is 6.34. The molecular weight excluding hydrogens is 591 g/mol. The van der Waals surface area contributed by atoms with E-state index in [-0.39, 0.29) is 6.04 Å². The molecule has 3 atom stereocenters. The molecule has 2 aliphatic rings. The molecule has 4 aromatic carbocycles. The maximum Gasteiger partial charge on any atom is 0.128 e. The molecule has 0 amide bonds. The van der Waals surface area contributed by atoms with Gasteiger partial charge in [-0.1, -0.05) is 87.2 Å². The first-order valence-corrected chi connectivity index (χ1v) is 14.5. The van der Waals surface area contributed by atoms with Gasteiger partial charge in [0.2, 0.25) is 0 Å². The van der Waals surface area contributed by atoms with E-state index < -0.39 is 0 Å². The standard InChI is InChI=1S/C33H27BrCl2N2O/c1-20-5-13-31-29(15-20)27-3-2-4-28(27)33(38-31)21-7-11-26(12-8-21)37-18-23-16-24(34)9-14-32(23)39-19-22-6-10-25(35)17-30(22)36/h2-3,5-18,27-28,33,38H,4,19H2,1H3/t27-,28-,33-/m1/s1. The lowest BCUT2D eigenvalue weighted by molar-refractivity contribution is 0.306. The second-order valence-corrected chi connectivity index (χ2v) is 11.9. The fraction of sp³-hybridized carbons (Fsp3) is 0.182. The lowest BCUT2D eigenvalue weighted by atomic mass is 9.76. The third-order valence-electron chi connectivity index (χ3n) is 7.49. The topological polar surface area (TPSA) is 33.6 Å². The number of allylic oxidation sites excluding steroid dienone is 2. The number of hydrogen-bond donors (Lipinski definition) is 1. The molecule has 6 heteroatoms. The number of ether oxygens (including phenoxy) is 1. The van der Waals surface area contributed by atoms with E-state index in [0.29, 0.717) is 28.5 Å². The summed E-state index contributed by atoms with van der Waals surface area (Å²) in [4.78, 5) is 4.76. The van der Waals surface area contributed by atoms with Crippen molar-refractivity contribution < 1.29 is 4.74 Å². The number of halogens is 3. The highest BCUT2D eigenvalue weighted by atomic mass is 79.9. The monoisotopic (exact) mass is 616 g/mol. The molecule has 0 unspecified atom stereocenters. The highest BCUT2D eigenvalue weighted by Gasteiger charge is 2.37. The Kier molecular flexibility index (Phi) is 7.53. The number of aryl methyl sites for hydroxylation is 1. The first kappa shape index (κ1) is 26.2. The van der Waals surface area contributed by atoms with Crippen LogP contribution in [0.1, 0.15) is 46.2 Å². The number of hydrogen-bond acceptors (Lipinski definition) is 3. The minimum absolute atomic E-state index is 0.267. The predicted octanol–water partition coefficient (Wildman–Crippen LogP) is 10.2. The van der Waals surface area contributed by atoms with Gasteiger partial charge in [-0.3, -0.25) is 4.99 Å². The Morgan fingerprint density at radius 2 is 1.85 bits per heavy atom. The van der Waals surface area contributed by atoms with Crippen molar-refractivity contribution in [1.29, 1.82) is 0 Å². The van der Waals surface area contributed by atoms with Crippen LogP contribution in [-0.4, -0.2) is 6.21 Å². The molecule has 196 valence electrons. The van der Waals surface area contributed by atoms with Gasteiger partial charge in [-0.25, -0.2) is 0 Å². The zero-order chi connectivity index (χ0) is 26.9. The molecule has 1 N–H and O–H groups in total. The molecule has 0 radical (unpaired) electrons. The van der Waals surface area contributed by atoms with Crippen molar-refractivity contribution in [3.8, 4) is 5.75 Å². The average Bonchev–Trinajstić information content (AvgIpc) is 3.43. The lowest BCUT2D eigenvalue weighted by Gasteiger charge is -2.37.